The molecule has 1 saturated heterocycles. The Morgan fingerprint density at radius 1 is 0.542 bits per heavy atom. The van der Waals surface area contributed by atoms with Crippen LogP contribution in [-0.4, -0.2) is 109 Å². The maximum Gasteiger partial charge on any atom is 0.501 e. The lowest BCUT2D eigenvalue weighted by Gasteiger charge is -2.37. The van der Waals surface area contributed by atoms with Crippen LogP contribution in [0.25, 0.3) is 0 Å². The third-order valence-corrected chi connectivity index (χ3v) is 10.2. The van der Waals surface area contributed by atoms with Crippen molar-refractivity contribution in [1.82, 2.24) is 9.80 Å². The molecule has 24 heavy (non-hydrogen) atoms. The van der Waals surface area contributed by atoms with Crippen LogP contribution in [0, 0.1) is 0 Å². The number of piperazine rings is 1. The minimum Gasteiger partial charge on any atom is -0.377 e. The van der Waals surface area contributed by atoms with Crippen LogP contribution in [0.2, 0.25) is 12.1 Å². The molecule has 0 radical (unpaired) electrons. The fourth-order valence-electron chi connectivity index (χ4n) is 2.94. The molecule has 10 heteroatoms. The van der Waals surface area contributed by atoms with Crippen LogP contribution >= 0.6 is 0 Å². The van der Waals surface area contributed by atoms with Gasteiger partial charge in [0.25, 0.3) is 0 Å². The van der Waals surface area contributed by atoms with E-state index in [1.54, 1.807) is 42.7 Å². The molecule has 8 nitrogen and oxygen atoms in total. The molecule has 144 valence electrons. The fraction of sp³-hybridized carbons (Fsp3) is 1.00. The van der Waals surface area contributed by atoms with Crippen molar-refractivity contribution in [2.24, 2.45) is 0 Å². The average Bonchev–Trinajstić information content (AvgIpc) is 2.66. The number of nitrogens with zero attached hydrogens (tertiary/aromatic N) is 2. The van der Waals surface area contributed by atoms with E-state index in [2.05, 4.69) is 9.80 Å². The van der Waals surface area contributed by atoms with Gasteiger partial charge in [0, 0.05) is 94.0 Å². The molecule has 0 N–H and O–H groups in total. The fourth-order valence-corrected chi connectivity index (χ4v) is 6.34. The van der Waals surface area contributed by atoms with Gasteiger partial charge in [-0.2, -0.15) is 0 Å². The summed E-state index contributed by atoms with van der Waals surface area (Å²) in [6.07, 6.45) is 0. The molecule has 0 aromatic rings. The molecule has 0 bridgehead atoms. The molecule has 1 aliphatic heterocycles. The zero-order valence-electron chi connectivity index (χ0n) is 16.0. The SMILES string of the molecule is CO[Si](CCN1CCN(CC[Si](OC)(OC)OC)CC1)(OC)OC. The summed E-state index contributed by atoms with van der Waals surface area (Å²) < 4.78 is 32.9. The Hall–Kier alpha value is 0.114. The smallest absolute Gasteiger partial charge is 0.377 e. The Morgan fingerprint density at radius 3 is 1.00 bits per heavy atom. The van der Waals surface area contributed by atoms with Gasteiger partial charge >= 0.3 is 17.6 Å². The lowest BCUT2D eigenvalue weighted by molar-refractivity contribution is 0.0975. The van der Waals surface area contributed by atoms with Crippen LogP contribution in [0.4, 0.5) is 0 Å². The molecule has 1 fully saturated rings. The Bertz CT molecular complexity index is 289. The molecular formula is C14H34N2O6Si2. The van der Waals surface area contributed by atoms with Crippen molar-refractivity contribution >= 4 is 17.6 Å². The van der Waals surface area contributed by atoms with E-state index in [1.807, 2.05) is 0 Å². The van der Waals surface area contributed by atoms with E-state index in [4.69, 9.17) is 26.6 Å². The quantitative estimate of drug-likeness (QED) is 0.449. The van der Waals surface area contributed by atoms with Crippen molar-refractivity contribution in [3.63, 3.8) is 0 Å². The standard InChI is InChI=1S/C14H34N2O6Si2/c1-17-23(18-2,19-3)13-11-15-7-9-16(10-8-15)12-14-24(20-4,21-5)22-6/h7-14H2,1-6H3. The van der Waals surface area contributed by atoms with E-state index in [0.29, 0.717) is 0 Å². The minimum absolute atomic E-state index is 0.809. The Morgan fingerprint density at radius 2 is 0.792 bits per heavy atom. The summed E-state index contributed by atoms with van der Waals surface area (Å²) in [5, 5.41) is 0. The molecule has 1 rings (SSSR count). The van der Waals surface area contributed by atoms with E-state index >= 15 is 0 Å². The van der Waals surface area contributed by atoms with Crippen molar-refractivity contribution in [2.45, 2.75) is 12.1 Å². The van der Waals surface area contributed by atoms with Crippen molar-refractivity contribution in [3.05, 3.63) is 0 Å². The van der Waals surface area contributed by atoms with Crippen LogP contribution in [0.5, 0.6) is 0 Å². The molecule has 0 aliphatic carbocycles. The first-order valence-electron chi connectivity index (χ1n) is 8.28. The first-order valence-corrected chi connectivity index (χ1v) is 12.1. The third kappa shape index (κ3) is 6.13. The maximum atomic E-state index is 5.48. The van der Waals surface area contributed by atoms with Gasteiger partial charge < -0.3 is 36.4 Å². The summed E-state index contributed by atoms with van der Waals surface area (Å²) >= 11 is 0. The Balaban J connectivity index is 2.34. The molecule has 0 spiro atoms. The van der Waals surface area contributed by atoms with Gasteiger partial charge in [0.1, 0.15) is 0 Å². The number of hydrogen-bond acceptors (Lipinski definition) is 8. The average molecular weight is 383 g/mol. The van der Waals surface area contributed by atoms with Crippen LogP contribution < -0.4 is 0 Å². The summed E-state index contributed by atoms with van der Waals surface area (Å²) in [6.45, 7) is 5.99. The number of rotatable bonds is 12. The second-order valence-electron chi connectivity index (χ2n) is 5.77. The molecule has 0 unspecified atom stereocenters. The van der Waals surface area contributed by atoms with E-state index < -0.39 is 17.6 Å². The monoisotopic (exact) mass is 382 g/mol. The maximum absolute atomic E-state index is 5.48. The van der Waals surface area contributed by atoms with Crippen molar-refractivity contribution in [3.8, 4) is 0 Å². The Labute approximate surface area is 148 Å². The molecule has 0 aromatic heterocycles. The zero-order chi connectivity index (χ0) is 18.1. The highest BCUT2D eigenvalue weighted by Gasteiger charge is 2.39. The first-order chi connectivity index (χ1) is 11.5. The predicted molar refractivity (Wildman–Crippen MR) is 96.1 cm³/mol. The summed E-state index contributed by atoms with van der Waals surface area (Å²) in [6, 6.07) is 1.62. The van der Waals surface area contributed by atoms with Crippen LogP contribution in [0.15, 0.2) is 0 Å². The summed E-state index contributed by atoms with van der Waals surface area (Å²) in [5.41, 5.74) is 0. The minimum atomic E-state index is -2.47. The van der Waals surface area contributed by atoms with Gasteiger partial charge in [0.05, 0.1) is 0 Å². The normalized spacial score (nSPS) is 18.2. The molecule has 0 aromatic carbocycles. The van der Waals surface area contributed by atoms with E-state index in [1.165, 1.54) is 0 Å². The molecule has 0 saturated carbocycles. The summed E-state index contributed by atoms with van der Waals surface area (Å²) in [7, 11) is 5.02. The predicted octanol–water partition coefficient (Wildman–Crippen LogP) is 0.360. The van der Waals surface area contributed by atoms with E-state index in [9.17, 15) is 0 Å². The highest BCUT2D eigenvalue weighted by Crippen LogP contribution is 2.16. The van der Waals surface area contributed by atoms with E-state index in [-0.39, 0.29) is 0 Å². The van der Waals surface area contributed by atoms with Crippen molar-refractivity contribution in [2.75, 3.05) is 81.9 Å². The van der Waals surface area contributed by atoms with Gasteiger partial charge in [-0.1, -0.05) is 0 Å². The second-order valence-corrected chi connectivity index (χ2v) is 12.0. The summed E-state index contributed by atoms with van der Waals surface area (Å²) in [5.74, 6) is 0. The summed E-state index contributed by atoms with van der Waals surface area (Å²) in [4.78, 5) is 4.87. The van der Waals surface area contributed by atoms with Gasteiger partial charge in [-0.05, 0) is 0 Å². The van der Waals surface area contributed by atoms with Crippen LogP contribution in [-0.2, 0) is 26.6 Å². The van der Waals surface area contributed by atoms with Gasteiger partial charge in [-0.25, -0.2) is 0 Å². The lowest BCUT2D eigenvalue weighted by atomic mass is 10.3. The highest BCUT2D eigenvalue weighted by atomic mass is 28.4. The molecular weight excluding hydrogens is 348 g/mol. The first kappa shape index (κ1) is 22.2. The van der Waals surface area contributed by atoms with Gasteiger partial charge in [0.2, 0.25) is 0 Å². The molecule has 1 heterocycles. The lowest BCUT2D eigenvalue weighted by Crippen LogP contribution is -2.52. The van der Waals surface area contributed by atoms with Crippen LogP contribution in [0.1, 0.15) is 0 Å². The number of hydrogen-bond donors (Lipinski definition) is 0. The van der Waals surface area contributed by atoms with Gasteiger partial charge in [0.15, 0.2) is 0 Å². The topological polar surface area (TPSA) is 61.9 Å². The molecule has 0 amide bonds. The van der Waals surface area contributed by atoms with E-state index in [0.717, 1.165) is 51.4 Å². The zero-order valence-corrected chi connectivity index (χ0v) is 18.0. The molecule has 1 aliphatic rings. The largest absolute Gasteiger partial charge is 0.501 e. The van der Waals surface area contributed by atoms with Gasteiger partial charge in [-0.3, -0.25) is 0 Å². The Kier molecular flexibility index (Phi) is 10.1. The van der Waals surface area contributed by atoms with Crippen LogP contribution in [0.3, 0.4) is 0 Å². The molecule has 0 atom stereocenters. The highest BCUT2D eigenvalue weighted by molar-refractivity contribution is 6.61. The van der Waals surface area contributed by atoms with Crippen molar-refractivity contribution in [1.29, 1.82) is 0 Å². The van der Waals surface area contributed by atoms with Gasteiger partial charge in [-0.15, -0.1) is 0 Å². The van der Waals surface area contributed by atoms with Crippen molar-refractivity contribution < 1.29 is 26.6 Å². The third-order valence-electron chi connectivity index (χ3n) is 4.80. The second kappa shape index (κ2) is 11.0.